The third-order valence-electron chi connectivity index (χ3n) is 4.80. The summed E-state index contributed by atoms with van der Waals surface area (Å²) >= 11 is 0. The summed E-state index contributed by atoms with van der Waals surface area (Å²) in [4.78, 5) is 9.79. The molecule has 102 valence electrons. The van der Waals surface area contributed by atoms with Crippen molar-refractivity contribution in [3.8, 4) is 0 Å². The topological polar surface area (TPSA) is 28.6 Å². The van der Waals surface area contributed by atoms with E-state index in [2.05, 4.69) is 33.8 Å². The fraction of sp³-hybridized carbons (Fsp3) is 0.667. The lowest BCUT2D eigenvalue weighted by molar-refractivity contribution is -0.0850. The van der Waals surface area contributed by atoms with Gasteiger partial charge in [-0.3, -0.25) is 4.90 Å². The second-order valence-corrected chi connectivity index (χ2v) is 6.12. The molecule has 0 saturated carbocycles. The number of anilines is 1. The summed E-state index contributed by atoms with van der Waals surface area (Å²) < 4.78 is 5.37. The van der Waals surface area contributed by atoms with Gasteiger partial charge in [-0.25, -0.2) is 4.98 Å². The monoisotopic (exact) mass is 259 g/mol. The average molecular weight is 259 g/mol. The number of hydrogen-bond donors (Lipinski definition) is 0. The van der Waals surface area contributed by atoms with Crippen molar-refractivity contribution in [2.45, 2.75) is 37.9 Å². The van der Waals surface area contributed by atoms with Crippen LogP contribution in [0.3, 0.4) is 0 Å². The predicted molar refractivity (Wildman–Crippen MR) is 74.4 cm³/mol. The zero-order valence-corrected chi connectivity index (χ0v) is 11.5. The molecule has 19 heavy (non-hydrogen) atoms. The molecular weight excluding hydrogens is 238 g/mol. The highest BCUT2D eigenvalue weighted by Gasteiger charge is 2.45. The van der Waals surface area contributed by atoms with Crippen molar-refractivity contribution in [1.29, 1.82) is 0 Å². The Bertz CT molecular complexity index is 443. The first-order valence-corrected chi connectivity index (χ1v) is 7.34. The molecule has 0 spiro atoms. The van der Waals surface area contributed by atoms with Gasteiger partial charge >= 0.3 is 0 Å². The highest BCUT2D eigenvalue weighted by Crippen LogP contribution is 2.35. The van der Waals surface area contributed by atoms with E-state index in [1.165, 1.54) is 18.4 Å². The summed E-state index contributed by atoms with van der Waals surface area (Å²) in [6.07, 6.45) is 4.65. The molecule has 0 amide bonds. The Morgan fingerprint density at radius 1 is 1.11 bits per heavy atom. The van der Waals surface area contributed by atoms with Crippen LogP contribution in [0.2, 0.25) is 0 Å². The van der Waals surface area contributed by atoms with E-state index in [9.17, 15) is 0 Å². The molecule has 4 heterocycles. The molecule has 2 unspecified atom stereocenters. The van der Waals surface area contributed by atoms with Crippen LogP contribution in [0.4, 0.5) is 5.82 Å². The van der Waals surface area contributed by atoms with Gasteiger partial charge < -0.3 is 9.64 Å². The molecule has 2 atom stereocenters. The molecule has 3 aliphatic rings. The minimum absolute atomic E-state index is 0.686. The summed E-state index contributed by atoms with van der Waals surface area (Å²) in [6.45, 7) is 6.23. The van der Waals surface area contributed by atoms with Gasteiger partial charge in [0, 0.05) is 31.4 Å². The Morgan fingerprint density at radius 3 is 2.37 bits per heavy atom. The lowest BCUT2D eigenvalue weighted by Gasteiger charge is -2.48. The molecule has 3 aliphatic heterocycles. The van der Waals surface area contributed by atoms with Gasteiger partial charge in [-0.1, -0.05) is 6.07 Å². The summed E-state index contributed by atoms with van der Waals surface area (Å²) in [7, 11) is 0. The number of nitrogens with zero attached hydrogens (tertiary/aromatic N) is 3. The number of ether oxygens (including phenoxy) is 1. The van der Waals surface area contributed by atoms with E-state index in [1.54, 1.807) is 0 Å². The molecule has 3 saturated heterocycles. The number of fused-ring (bicyclic) bond motifs is 2. The summed E-state index contributed by atoms with van der Waals surface area (Å²) in [5.41, 5.74) is 1.23. The molecule has 0 aliphatic carbocycles. The third kappa shape index (κ3) is 1.94. The van der Waals surface area contributed by atoms with Gasteiger partial charge in [0.05, 0.1) is 19.3 Å². The maximum absolute atomic E-state index is 5.37. The zero-order chi connectivity index (χ0) is 12.8. The number of aryl methyl sites for hydroxylation is 1. The number of pyridine rings is 1. The van der Waals surface area contributed by atoms with Crippen LogP contribution in [-0.2, 0) is 4.74 Å². The first kappa shape index (κ1) is 11.7. The number of rotatable bonds is 2. The van der Waals surface area contributed by atoms with Crippen LogP contribution < -0.4 is 4.90 Å². The SMILES string of the molecule is Cc1ccc(N2CC3CCC(C2)N3C2COC2)nc1. The number of aromatic nitrogens is 1. The van der Waals surface area contributed by atoms with Gasteiger partial charge in [0.1, 0.15) is 5.82 Å². The normalized spacial score (nSPS) is 31.5. The minimum atomic E-state index is 0.686. The van der Waals surface area contributed by atoms with Gasteiger partial charge in [0.15, 0.2) is 0 Å². The Hall–Kier alpha value is -1.13. The molecule has 0 radical (unpaired) electrons. The van der Waals surface area contributed by atoms with E-state index < -0.39 is 0 Å². The molecular formula is C15H21N3O. The van der Waals surface area contributed by atoms with Crippen LogP contribution >= 0.6 is 0 Å². The van der Waals surface area contributed by atoms with Gasteiger partial charge in [-0.15, -0.1) is 0 Å². The van der Waals surface area contributed by atoms with Gasteiger partial charge in [-0.05, 0) is 31.4 Å². The van der Waals surface area contributed by atoms with Crippen molar-refractivity contribution >= 4 is 5.82 Å². The van der Waals surface area contributed by atoms with E-state index in [4.69, 9.17) is 4.74 Å². The molecule has 4 heteroatoms. The molecule has 0 N–H and O–H groups in total. The average Bonchev–Trinajstić information content (AvgIpc) is 2.60. The highest BCUT2D eigenvalue weighted by atomic mass is 16.5. The molecule has 2 bridgehead atoms. The van der Waals surface area contributed by atoms with Crippen molar-refractivity contribution in [2.24, 2.45) is 0 Å². The lowest BCUT2D eigenvalue weighted by atomic mass is 10.1. The Balaban J connectivity index is 1.52. The Labute approximate surface area is 114 Å². The summed E-state index contributed by atoms with van der Waals surface area (Å²) in [6, 6.07) is 6.42. The van der Waals surface area contributed by atoms with Crippen LogP contribution in [0.25, 0.3) is 0 Å². The van der Waals surface area contributed by atoms with E-state index in [0.29, 0.717) is 18.1 Å². The van der Waals surface area contributed by atoms with E-state index >= 15 is 0 Å². The fourth-order valence-electron chi connectivity index (χ4n) is 3.76. The Morgan fingerprint density at radius 2 is 1.84 bits per heavy atom. The van der Waals surface area contributed by atoms with Crippen molar-refractivity contribution in [3.63, 3.8) is 0 Å². The zero-order valence-electron chi connectivity index (χ0n) is 11.5. The first-order chi connectivity index (χ1) is 9.31. The largest absolute Gasteiger partial charge is 0.378 e. The number of piperazine rings is 1. The van der Waals surface area contributed by atoms with Crippen LogP contribution in [0.15, 0.2) is 18.3 Å². The van der Waals surface area contributed by atoms with E-state index in [1.807, 2.05) is 6.20 Å². The second-order valence-electron chi connectivity index (χ2n) is 6.12. The maximum atomic E-state index is 5.37. The third-order valence-corrected chi connectivity index (χ3v) is 4.80. The van der Waals surface area contributed by atoms with Crippen molar-refractivity contribution < 1.29 is 4.74 Å². The van der Waals surface area contributed by atoms with Gasteiger partial charge in [-0.2, -0.15) is 0 Å². The minimum Gasteiger partial charge on any atom is -0.378 e. The van der Waals surface area contributed by atoms with Gasteiger partial charge in [0.25, 0.3) is 0 Å². The van der Waals surface area contributed by atoms with Gasteiger partial charge in [0.2, 0.25) is 0 Å². The maximum Gasteiger partial charge on any atom is 0.128 e. The molecule has 0 aromatic carbocycles. The molecule has 4 nitrogen and oxygen atoms in total. The second kappa shape index (κ2) is 4.46. The van der Waals surface area contributed by atoms with Crippen LogP contribution in [-0.4, -0.2) is 54.3 Å². The van der Waals surface area contributed by atoms with Crippen molar-refractivity contribution in [1.82, 2.24) is 9.88 Å². The standard InChI is InChI=1S/C15H21N3O/c1-11-2-5-15(16-6-11)17-7-12-3-4-13(8-17)18(12)14-9-19-10-14/h2,5-6,12-14H,3-4,7-10H2,1H3. The fourth-order valence-corrected chi connectivity index (χ4v) is 3.76. The number of hydrogen-bond acceptors (Lipinski definition) is 4. The lowest BCUT2D eigenvalue weighted by Crippen LogP contribution is -2.62. The highest BCUT2D eigenvalue weighted by molar-refractivity contribution is 5.41. The Kier molecular flexibility index (Phi) is 2.74. The van der Waals surface area contributed by atoms with Crippen LogP contribution in [0.1, 0.15) is 18.4 Å². The quantitative estimate of drug-likeness (QED) is 0.803. The molecule has 3 fully saturated rings. The summed E-state index contributed by atoms with van der Waals surface area (Å²) in [5, 5.41) is 0. The van der Waals surface area contributed by atoms with Crippen LogP contribution in [0.5, 0.6) is 0 Å². The van der Waals surface area contributed by atoms with Crippen molar-refractivity contribution in [2.75, 3.05) is 31.2 Å². The molecule has 1 aromatic heterocycles. The van der Waals surface area contributed by atoms with Crippen molar-refractivity contribution in [3.05, 3.63) is 23.9 Å². The van der Waals surface area contributed by atoms with E-state index in [-0.39, 0.29) is 0 Å². The predicted octanol–water partition coefficient (Wildman–Crippen LogP) is 1.44. The smallest absolute Gasteiger partial charge is 0.128 e. The summed E-state index contributed by atoms with van der Waals surface area (Å²) in [5.74, 6) is 1.15. The van der Waals surface area contributed by atoms with E-state index in [0.717, 1.165) is 32.1 Å². The molecule has 1 aromatic rings. The first-order valence-electron chi connectivity index (χ1n) is 7.34. The van der Waals surface area contributed by atoms with Crippen LogP contribution in [0, 0.1) is 6.92 Å². The molecule has 4 rings (SSSR count).